The smallest absolute Gasteiger partial charge is 0.258 e. The van der Waals surface area contributed by atoms with Crippen LogP contribution in [0, 0.1) is 6.92 Å². The molecule has 0 spiro atoms. The molecule has 20 heavy (non-hydrogen) atoms. The molecule has 4 N–H and O–H groups in total. The minimum atomic E-state index is -0.304. The molecule has 1 heterocycles. The van der Waals surface area contributed by atoms with Crippen LogP contribution < -0.4 is 21.3 Å². The second-order valence-electron chi connectivity index (χ2n) is 4.05. The largest absolute Gasteiger partial charge is 0.481 e. The summed E-state index contributed by atoms with van der Waals surface area (Å²) in [6.45, 7) is 1.79. The fourth-order valence-corrected chi connectivity index (χ4v) is 1.59. The molecule has 0 saturated heterocycles. The highest BCUT2D eigenvalue weighted by Crippen LogP contribution is 2.13. The SMILES string of the molecule is COc1cc(C)nc(NC(=O)c2ccc(NN)cc2)n1. The highest BCUT2D eigenvalue weighted by atomic mass is 16.5. The Morgan fingerprint density at radius 1 is 1.25 bits per heavy atom. The van der Waals surface area contributed by atoms with Gasteiger partial charge in [-0.15, -0.1) is 0 Å². The molecule has 0 unspecified atom stereocenters. The van der Waals surface area contributed by atoms with Crippen molar-refractivity contribution in [2.75, 3.05) is 17.9 Å². The number of amides is 1. The number of rotatable bonds is 4. The molecule has 7 heteroatoms. The molecule has 0 aliphatic carbocycles. The average molecular weight is 273 g/mol. The number of hydrogen-bond donors (Lipinski definition) is 3. The standard InChI is InChI=1S/C13H15N5O2/c1-8-7-11(20-2)16-13(15-8)17-12(19)9-3-5-10(18-14)6-4-9/h3-7,18H,14H2,1-2H3,(H,15,16,17,19). The maximum absolute atomic E-state index is 12.0. The van der Waals surface area contributed by atoms with Crippen molar-refractivity contribution in [3.8, 4) is 5.88 Å². The molecule has 0 fully saturated rings. The Morgan fingerprint density at radius 2 is 1.95 bits per heavy atom. The summed E-state index contributed by atoms with van der Waals surface area (Å²) < 4.78 is 5.03. The van der Waals surface area contributed by atoms with Gasteiger partial charge < -0.3 is 10.2 Å². The van der Waals surface area contributed by atoms with Crippen LogP contribution in [0.5, 0.6) is 5.88 Å². The zero-order valence-electron chi connectivity index (χ0n) is 11.2. The van der Waals surface area contributed by atoms with E-state index in [1.807, 2.05) is 0 Å². The number of nitrogens with two attached hydrogens (primary N) is 1. The van der Waals surface area contributed by atoms with Gasteiger partial charge >= 0.3 is 0 Å². The van der Waals surface area contributed by atoms with E-state index in [4.69, 9.17) is 10.6 Å². The fraction of sp³-hybridized carbons (Fsp3) is 0.154. The lowest BCUT2D eigenvalue weighted by Gasteiger charge is -2.07. The second kappa shape index (κ2) is 5.98. The summed E-state index contributed by atoms with van der Waals surface area (Å²) in [6.07, 6.45) is 0. The molecule has 0 aliphatic heterocycles. The molecule has 0 atom stereocenters. The summed E-state index contributed by atoms with van der Waals surface area (Å²) in [7, 11) is 1.51. The van der Waals surface area contributed by atoms with Crippen molar-refractivity contribution in [1.29, 1.82) is 0 Å². The van der Waals surface area contributed by atoms with Crippen LogP contribution in [0.25, 0.3) is 0 Å². The molecular formula is C13H15N5O2. The molecule has 7 nitrogen and oxygen atoms in total. The van der Waals surface area contributed by atoms with E-state index in [0.717, 1.165) is 5.69 Å². The molecule has 0 radical (unpaired) electrons. The first kappa shape index (κ1) is 13.8. The Hall–Kier alpha value is -2.67. The molecule has 1 aromatic heterocycles. The van der Waals surface area contributed by atoms with Crippen LogP contribution in [0.4, 0.5) is 11.6 Å². The summed E-state index contributed by atoms with van der Waals surface area (Å²) >= 11 is 0. The first-order chi connectivity index (χ1) is 9.62. The number of aromatic nitrogens is 2. The van der Waals surface area contributed by atoms with E-state index in [9.17, 15) is 4.79 Å². The second-order valence-corrected chi connectivity index (χ2v) is 4.05. The molecule has 104 valence electrons. The van der Waals surface area contributed by atoms with Gasteiger partial charge in [-0.2, -0.15) is 4.98 Å². The molecule has 0 bridgehead atoms. The van der Waals surface area contributed by atoms with Crippen molar-refractivity contribution in [2.24, 2.45) is 5.84 Å². The number of ether oxygens (including phenoxy) is 1. The lowest BCUT2D eigenvalue weighted by Crippen LogP contribution is -2.15. The van der Waals surface area contributed by atoms with Gasteiger partial charge in [-0.1, -0.05) is 0 Å². The number of benzene rings is 1. The zero-order valence-corrected chi connectivity index (χ0v) is 11.2. The number of hydrazine groups is 1. The number of methoxy groups -OCH3 is 1. The van der Waals surface area contributed by atoms with Crippen LogP contribution in [0.1, 0.15) is 16.1 Å². The number of nitrogen functional groups attached to an aromatic ring is 1. The van der Waals surface area contributed by atoms with Crippen molar-refractivity contribution >= 4 is 17.5 Å². The third-order valence-electron chi connectivity index (χ3n) is 2.58. The predicted octanol–water partition coefficient (Wildman–Crippen LogP) is 1.33. The first-order valence-electron chi connectivity index (χ1n) is 5.90. The first-order valence-corrected chi connectivity index (χ1v) is 5.90. The van der Waals surface area contributed by atoms with Crippen molar-refractivity contribution in [1.82, 2.24) is 9.97 Å². The van der Waals surface area contributed by atoms with E-state index in [-0.39, 0.29) is 11.9 Å². The molecule has 0 aliphatic rings. The van der Waals surface area contributed by atoms with Crippen molar-refractivity contribution < 1.29 is 9.53 Å². The lowest BCUT2D eigenvalue weighted by molar-refractivity contribution is 0.102. The molecule has 1 amide bonds. The summed E-state index contributed by atoms with van der Waals surface area (Å²) in [5.74, 6) is 5.56. The van der Waals surface area contributed by atoms with E-state index in [1.165, 1.54) is 7.11 Å². The Labute approximate surface area is 116 Å². The fourth-order valence-electron chi connectivity index (χ4n) is 1.59. The van der Waals surface area contributed by atoms with Crippen molar-refractivity contribution in [3.63, 3.8) is 0 Å². The van der Waals surface area contributed by atoms with Crippen LogP contribution in [-0.2, 0) is 0 Å². The van der Waals surface area contributed by atoms with E-state index in [2.05, 4.69) is 20.7 Å². The van der Waals surface area contributed by atoms with E-state index in [1.54, 1.807) is 37.3 Å². The van der Waals surface area contributed by atoms with Gasteiger partial charge in [-0.05, 0) is 31.2 Å². The molecule has 2 rings (SSSR count). The van der Waals surface area contributed by atoms with E-state index < -0.39 is 0 Å². The summed E-state index contributed by atoms with van der Waals surface area (Å²) in [5, 5.41) is 2.62. The number of nitrogens with one attached hydrogen (secondary N) is 2. The average Bonchev–Trinajstić information content (AvgIpc) is 2.46. The van der Waals surface area contributed by atoms with Crippen molar-refractivity contribution in [2.45, 2.75) is 6.92 Å². The van der Waals surface area contributed by atoms with Crippen molar-refractivity contribution in [3.05, 3.63) is 41.6 Å². The zero-order chi connectivity index (χ0) is 14.5. The molecule has 0 saturated carbocycles. The van der Waals surface area contributed by atoms with Gasteiger partial charge in [0.05, 0.1) is 7.11 Å². The minimum absolute atomic E-state index is 0.202. The number of anilines is 2. The summed E-state index contributed by atoms with van der Waals surface area (Å²) in [4.78, 5) is 20.2. The summed E-state index contributed by atoms with van der Waals surface area (Å²) in [6, 6.07) is 8.38. The molecular weight excluding hydrogens is 258 g/mol. The van der Waals surface area contributed by atoms with Crippen LogP contribution in [0.2, 0.25) is 0 Å². The van der Waals surface area contributed by atoms with Gasteiger partial charge in [0.2, 0.25) is 11.8 Å². The lowest BCUT2D eigenvalue weighted by atomic mass is 10.2. The van der Waals surface area contributed by atoms with Gasteiger partial charge in [0.15, 0.2) is 0 Å². The molecule has 1 aromatic carbocycles. The Balaban J connectivity index is 2.16. The normalized spacial score (nSPS) is 9.95. The third-order valence-corrected chi connectivity index (χ3v) is 2.58. The van der Waals surface area contributed by atoms with Crippen LogP contribution >= 0.6 is 0 Å². The van der Waals surface area contributed by atoms with Crippen LogP contribution in [0.15, 0.2) is 30.3 Å². The minimum Gasteiger partial charge on any atom is -0.481 e. The third kappa shape index (κ3) is 3.21. The molecule has 2 aromatic rings. The van der Waals surface area contributed by atoms with Gasteiger partial charge in [0.1, 0.15) is 0 Å². The van der Waals surface area contributed by atoms with Crippen LogP contribution in [-0.4, -0.2) is 23.0 Å². The Kier molecular flexibility index (Phi) is 4.11. The van der Waals surface area contributed by atoms with E-state index in [0.29, 0.717) is 17.1 Å². The predicted molar refractivity (Wildman–Crippen MR) is 75.5 cm³/mol. The van der Waals surface area contributed by atoms with Gasteiger partial charge in [0, 0.05) is 23.0 Å². The number of aryl methyl sites for hydroxylation is 1. The number of carbonyl (C=O) groups is 1. The summed E-state index contributed by atoms with van der Waals surface area (Å²) in [5.41, 5.74) is 4.39. The highest BCUT2D eigenvalue weighted by molar-refractivity contribution is 6.03. The van der Waals surface area contributed by atoms with Gasteiger partial charge in [0.25, 0.3) is 5.91 Å². The van der Waals surface area contributed by atoms with Crippen LogP contribution in [0.3, 0.4) is 0 Å². The number of nitrogens with zero attached hydrogens (tertiary/aromatic N) is 2. The number of carbonyl (C=O) groups excluding carboxylic acids is 1. The quantitative estimate of drug-likeness (QED) is 0.573. The van der Waals surface area contributed by atoms with Gasteiger partial charge in [-0.3, -0.25) is 16.0 Å². The topological polar surface area (TPSA) is 102 Å². The van der Waals surface area contributed by atoms with Gasteiger partial charge in [-0.25, -0.2) is 4.98 Å². The highest BCUT2D eigenvalue weighted by Gasteiger charge is 2.09. The Bertz CT molecular complexity index is 613. The van der Waals surface area contributed by atoms with E-state index >= 15 is 0 Å². The monoisotopic (exact) mass is 273 g/mol. The number of hydrogen-bond acceptors (Lipinski definition) is 6. The Morgan fingerprint density at radius 3 is 2.55 bits per heavy atom. The maximum atomic E-state index is 12.0. The maximum Gasteiger partial charge on any atom is 0.258 e.